The van der Waals surface area contributed by atoms with Crippen LogP contribution < -0.4 is 9.64 Å². The van der Waals surface area contributed by atoms with Crippen molar-refractivity contribution in [2.75, 3.05) is 4.90 Å². The highest BCUT2D eigenvalue weighted by atomic mass is 16.5. The molecule has 60 heavy (non-hydrogen) atoms. The summed E-state index contributed by atoms with van der Waals surface area (Å²) in [4.78, 5) is 2.46. The van der Waals surface area contributed by atoms with Crippen molar-refractivity contribution in [3.8, 4) is 67.1 Å². The van der Waals surface area contributed by atoms with E-state index in [-0.39, 0.29) is 10.8 Å². The van der Waals surface area contributed by atoms with Crippen molar-refractivity contribution in [2.45, 2.75) is 38.5 Å². The Morgan fingerprint density at radius 1 is 0.333 bits per heavy atom. The molecule has 2 heteroatoms. The van der Waals surface area contributed by atoms with Crippen LogP contribution in [0.3, 0.4) is 0 Å². The van der Waals surface area contributed by atoms with Gasteiger partial charge in [-0.05, 0) is 127 Å². The fourth-order valence-corrected chi connectivity index (χ4v) is 10.6. The Hall–Kier alpha value is -7.16. The summed E-state index contributed by atoms with van der Waals surface area (Å²) in [5, 5.41) is 2.35. The minimum absolute atomic E-state index is 0.140. The molecule has 2 aliphatic carbocycles. The topological polar surface area (TPSA) is 12.5 Å². The van der Waals surface area contributed by atoms with E-state index in [1.54, 1.807) is 0 Å². The second-order valence-corrected chi connectivity index (χ2v) is 17.7. The molecule has 9 aromatic rings. The van der Waals surface area contributed by atoms with Gasteiger partial charge in [-0.1, -0.05) is 161 Å². The Balaban J connectivity index is 1.10. The third-order valence-corrected chi connectivity index (χ3v) is 13.6. The van der Waals surface area contributed by atoms with Crippen molar-refractivity contribution in [3.63, 3.8) is 0 Å². The van der Waals surface area contributed by atoms with Gasteiger partial charge in [-0.3, -0.25) is 0 Å². The van der Waals surface area contributed by atoms with Crippen LogP contribution in [-0.4, -0.2) is 0 Å². The molecule has 1 aliphatic heterocycles. The molecule has 0 amide bonds. The lowest BCUT2D eigenvalue weighted by Crippen LogP contribution is -2.18. The van der Waals surface area contributed by atoms with E-state index >= 15 is 0 Å². The summed E-state index contributed by atoms with van der Waals surface area (Å²) >= 11 is 0. The molecule has 0 unspecified atom stereocenters. The van der Waals surface area contributed by atoms with Gasteiger partial charge in [-0.2, -0.15) is 0 Å². The fraction of sp³-hybridized carbons (Fsp3) is 0.103. The van der Waals surface area contributed by atoms with Crippen LogP contribution in [0.4, 0.5) is 17.1 Å². The van der Waals surface area contributed by atoms with E-state index in [2.05, 4.69) is 221 Å². The zero-order chi connectivity index (χ0) is 40.3. The predicted octanol–water partition coefficient (Wildman–Crippen LogP) is 16.0. The molecule has 2 nitrogen and oxygen atoms in total. The van der Waals surface area contributed by atoms with E-state index in [0.29, 0.717) is 0 Å². The van der Waals surface area contributed by atoms with E-state index in [1.165, 1.54) is 66.6 Å². The van der Waals surface area contributed by atoms with Crippen LogP contribution in [0.25, 0.3) is 66.4 Å². The van der Waals surface area contributed by atoms with Gasteiger partial charge in [0.15, 0.2) is 0 Å². The first kappa shape index (κ1) is 34.8. The van der Waals surface area contributed by atoms with E-state index < -0.39 is 0 Å². The average molecular weight is 770 g/mol. The number of fused-ring (bicyclic) bond motifs is 12. The highest BCUT2D eigenvalue weighted by molar-refractivity contribution is 6.03. The van der Waals surface area contributed by atoms with E-state index in [1.807, 2.05) is 0 Å². The van der Waals surface area contributed by atoms with Gasteiger partial charge in [-0.25, -0.2) is 0 Å². The van der Waals surface area contributed by atoms with Gasteiger partial charge in [0, 0.05) is 44.6 Å². The number of benzene rings is 9. The Labute approximate surface area is 352 Å². The molecule has 1 heterocycles. The molecule has 3 aliphatic rings. The van der Waals surface area contributed by atoms with Crippen LogP contribution in [0, 0.1) is 0 Å². The zero-order valence-electron chi connectivity index (χ0n) is 34.3. The summed E-state index contributed by atoms with van der Waals surface area (Å²) in [6.45, 7) is 9.46. The number of anilines is 3. The lowest BCUT2D eigenvalue weighted by molar-refractivity contribution is 0.488. The molecule has 0 saturated carbocycles. The zero-order valence-corrected chi connectivity index (χ0v) is 34.3. The van der Waals surface area contributed by atoms with E-state index in [0.717, 1.165) is 50.6 Å². The monoisotopic (exact) mass is 769 g/mol. The van der Waals surface area contributed by atoms with Crippen molar-refractivity contribution in [2.24, 2.45) is 0 Å². The second kappa shape index (κ2) is 12.7. The molecule has 9 aromatic carbocycles. The van der Waals surface area contributed by atoms with Crippen LogP contribution in [0.15, 0.2) is 188 Å². The van der Waals surface area contributed by atoms with Gasteiger partial charge >= 0.3 is 0 Å². The van der Waals surface area contributed by atoms with Crippen LogP contribution in [0.2, 0.25) is 0 Å². The molecule has 0 fully saturated rings. The highest BCUT2D eigenvalue weighted by Crippen LogP contribution is 2.55. The molecule has 12 rings (SSSR count). The summed E-state index contributed by atoms with van der Waals surface area (Å²) in [5.74, 6) is 1.71. The Bertz CT molecular complexity index is 3140. The largest absolute Gasteiger partial charge is 0.456 e. The highest BCUT2D eigenvalue weighted by Gasteiger charge is 2.38. The van der Waals surface area contributed by atoms with E-state index in [4.69, 9.17) is 4.74 Å². The number of rotatable bonds is 4. The maximum atomic E-state index is 7.06. The summed E-state index contributed by atoms with van der Waals surface area (Å²) < 4.78 is 7.06. The molecule has 0 radical (unpaired) electrons. The number of hydrogen-bond donors (Lipinski definition) is 0. The van der Waals surface area contributed by atoms with Crippen molar-refractivity contribution in [3.05, 3.63) is 210 Å². The van der Waals surface area contributed by atoms with E-state index in [9.17, 15) is 0 Å². The van der Waals surface area contributed by atoms with Crippen molar-refractivity contribution < 1.29 is 4.74 Å². The summed E-state index contributed by atoms with van der Waals surface area (Å²) in [6, 6.07) is 69.3. The quantitative estimate of drug-likeness (QED) is 0.177. The summed E-state index contributed by atoms with van der Waals surface area (Å²) in [5.41, 5.74) is 20.6. The van der Waals surface area contributed by atoms with Gasteiger partial charge in [0.2, 0.25) is 0 Å². The SMILES string of the molecule is CC1(C)c2ccccc2-c2ccc(N(c3ccc4c(c3)-c3cccc(-c5ccccc5)c3-c3cc5ccccc5cc3O4)c3ccc4c(c3)C(C)(C)c3ccccc3-4)cc21. The Morgan fingerprint density at radius 3 is 1.48 bits per heavy atom. The maximum Gasteiger partial charge on any atom is 0.135 e. The van der Waals surface area contributed by atoms with Gasteiger partial charge in [0.05, 0.1) is 0 Å². The van der Waals surface area contributed by atoms with Gasteiger partial charge in [-0.15, -0.1) is 0 Å². The molecular formula is C58H43NO. The van der Waals surface area contributed by atoms with Gasteiger partial charge in [0.25, 0.3) is 0 Å². The van der Waals surface area contributed by atoms with Crippen LogP contribution >= 0.6 is 0 Å². The maximum absolute atomic E-state index is 7.06. The summed E-state index contributed by atoms with van der Waals surface area (Å²) in [6.07, 6.45) is 0. The Kier molecular flexibility index (Phi) is 7.36. The van der Waals surface area contributed by atoms with Crippen molar-refractivity contribution >= 4 is 27.8 Å². The third kappa shape index (κ3) is 5.01. The van der Waals surface area contributed by atoms with Crippen LogP contribution in [0.5, 0.6) is 11.5 Å². The Morgan fingerprint density at radius 2 is 0.833 bits per heavy atom. The molecule has 0 bridgehead atoms. The average Bonchev–Trinajstić information content (AvgIpc) is 3.59. The van der Waals surface area contributed by atoms with Crippen LogP contribution in [0.1, 0.15) is 49.9 Å². The number of nitrogens with zero attached hydrogens (tertiary/aromatic N) is 1. The molecule has 0 saturated heterocycles. The summed E-state index contributed by atoms with van der Waals surface area (Å²) in [7, 11) is 0. The second-order valence-electron chi connectivity index (χ2n) is 17.7. The molecule has 0 spiro atoms. The molecule has 0 N–H and O–H groups in total. The van der Waals surface area contributed by atoms with Crippen molar-refractivity contribution in [1.29, 1.82) is 0 Å². The lowest BCUT2D eigenvalue weighted by Gasteiger charge is -2.30. The standard InChI is InChI=1S/C58H43NO/c1-57(2)50-23-12-10-19-43(50)45-28-25-40(34-52(45)57)59(41-26-29-46-44-20-11-13-24-51(44)58(3,4)53(46)35-41)39-27-30-54-48(33-39)47-22-14-21-42(36-15-6-5-7-16-36)56(47)49-31-37-17-8-9-18-38(37)32-55(49)60-54/h5-35H,1-4H3. The van der Waals surface area contributed by atoms with Crippen molar-refractivity contribution in [1.82, 2.24) is 0 Å². The minimum atomic E-state index is -0.140. The molecular weight excluding hydrogens is 727 g/mol. The van der Waals surface area contributed by atoms with Gasteiger partial charge in [0.1, 0.15) is 11.5 Å². The molecule has 0 aromatic heterocycles. The molecule has 0 atom stereocenters. The minimum Gasteiger partial charge on any atom is -0.456 e. The first-order valence-corrected chi connectivity index (χ1v) is 21.1. The first-order valence-electron chi connectivity index (χ1n) is 21.1. The predicted molar refractivity (Wildman–Crippen MR) is 250 cm³/mol. The third-order valence-electron chi connectivity index (χ3n) is 13.6. The normalized spacial score (nSPS) is 14.4. The number of ether oxygens (including phenoxy) is 1. The first-order chi connectivity index (χ1) is 29.3. The smallest absolute Gasteiger partial charge is 0.135 e. The number of hydrogen-bond acceptors (Lipinski definition) is 2. The van der Waals surface area contributed by atoms with Gasteiger partial charge < -0.3 is 9.64 Å². The molecule has 286 valence electrons. The van der Waals surface area contributed by atoms with Crippen LogP contribution in [-0.2, 0) is 10.8 Å². The lowest BCUT2D eigenvalue weighted by atomic mass is 9.82. The fourth-order valence-electron chi connectivity index (χ4n) is 10.6.